The van der Waals surface area contributed by atoms with Crippen LogP contribution in [-0.2, 0) is 0 Å². The van der Waals surface area contributed by atoms with Gasteiger partial charge in [-0.25, -0.2) is 0 Å². The second kappa shape index (κ2) is 5.72. The molecule has 2 heteroatoms. The maximum Gasteiger partial charge on any atom is 0.00470 e. The first kappa shape index (κ1) is 12.0. The van der Waals surface area contributed by atoms with Crippen molar-refractivity contribution in [3.8, 4) is 0 Å². The molecule has 0 unspecified atom stereocenters. The highest BCUT2D eigenvalue weighted by atomic mass is 15.1. The minimum absolute atomic E-state index is 0.584. The van der Waals surface area contributed by atoms with Crippen LogP contribution in [0.1, 0.15) is 39.5 Å². The number of nitrogens with one attached hydrogen (secondary N) is 1. The molecule has 0 saturated heterocycles. The van der Waals surface area contributed by atoms with Crippen LogP contribution in [0.3, 0.4) is 0 Å². The molecule has 0 aliphatic heterocycles. The van der Waals surface area contributed by atoms with Gasteiger partial charge < -0.3 is 10.2 Å². The molecule has 1 N–H and O–H groups in total. The smallest absolute Gasteiger partial charge is 0.00470 e. The van der Waals surface area contributed by atoms with E-state index in [9.17, 15) is 0 Å². The molecule has 0 spiro atoms. The Morgan fingerprint density at radius 2 is 1.86 bits per heavy atom. The maximum atomic E-state index is 3.53. The monoisotopic (exact) mass is 198 g/mol. The van der Waals surface area contributed by atoms with Crippen LogP contribution in [0.4, 0.5) is 0 Å². The van der Waals surface area contributed by atoms with Crippen molar-refractivity contribution in [2.75, 3.05) is 33.2 Å². The molecule has 0 bridgehead atoms. The maximum absolute atomic E-state index is 3.53. The predicted octanol–water partition coefficient (Wildman–Crippen LogP) is 2.11. The summed E-state index contributed by atoms with van der Waals surface area (Å²) in [4.78, 5) is 2.46. The average Bonchev–Trinajstić information content (AvgIpc) is 2.64. The van der Waals surface area contributed by atoms with Gasteiger partial charge in [0.15, 0.2) is 0 Å². The van der Waals surface area contributed by atoms with E-state index in [1.807, 2.05) is 0 Å². The van der Waals surface area contributed by atoms with Crippen molar-refractivity contribution >= 4 is 0 Å². The Labute approximate surface area is 89.1 Å². The largest absolute Gasteiger partial charge is 0.316 e. The summed E-state index contributed by atoms with van der Waals surface area (Å²) in [5, 5.41) is 3.53. The third kappa shape index (κ3) is 3.25. The molecule has 14 heavy (non-hydrogen) atoms. The number of rotatable bonds is 6. The van der Waals surface area contributed by atoms with Crippen LogP contribution in [0.25, 0.3) is 0 Å². The third-order valence-electron chi connectivity index (χ3n) is 3.56. The van der Waals surface area contributed by atoms with E-state index >= 15 is 0 Å². The zero-order chi connectivity index (χ0) is 10.4. The van der Waals surface area contributed by atoms with Crippen LogP contribution < -0.4 is 5.32 Å². The van der Waals surface area contributed by atoms with Gasteiger partial charge in [0.25, 0.3) is 0 Å². The Balaban J connectivity index is 2.43. The zero-order valence-electron chi connectivity index (χ0n) is 10.1. The van der Waals surface area contributed by atoms with Crippen LogP contribution in [0.15, 0.2) is 0 Å². The summed E-state index contributed by atoms with van der Waals surface area (Å²) in [7, 11) is 2.24. The molecule has 84 valence electrons. The SMILES string of the molecule is CCNCC1(CN(C)CC)CCCC1. The van der Waals surface area contributed by atoms with Gasteiger partial charge in [0.05, 0.1) is 0 Å². The Hall–Kier alpha value is -0.0800. The molecule has 0 heterocycles. The van der Waals surface area contributed by atoms with E-state index in [-0.39, 0.29) is 0 Å². The van der Waals surface area contributed by atoms with E-state index in [0.717, 1.165) is 6.54 Å². The third-order valence-corrected chi connectivity index (χ3v) is 3.56. The highest BCUT2D eigenvalue weighted by Crippen LogP contribution is 2.38. The number of nitrogens with zero attached hydrogens (tertiary/aromatic N) is 1. The van der Waals surface area contributed by atoms with Crippen molar-refractivity contribution in [3.63, 3.8) is 0 Å². The minimum atomic E-state index is 0.584. The fourth-order valence-electron chi connectivity index (χ4n) is 2.59. The van der Waals surface area contributed by atoms with Crippen molar-refractivity contribution in [1.82, 2.24) is 10.2 Å². The Bertz CT molecular complexity index is 150. The normalized spacial score (nSPS) is 20.6. The van der Waals surface area contributed by atoms with E-state index in [0.29, 0.717) is 5.41 Å². The van der Waals surface area contributed by atoms with Gasteiger partial charge in [0, 0.05) is 13.1 Å². The van der Waals surface area contributed by atoms with Crippen LogP contribution in [0.2, 0.25) is 0 Å². The summed E-state index contributed by atoms with van der Waals surface area (Å²) in [6, 6.07) is 0. The summed E-state index contributed by atoms with van der Waals surface area (Å²) in [5.74, 6) is 0. The quantitative estimate of drug-likeness (QED) is 0.703. The van der Waals surface area contributed by atoms with Gasteiger partial charge in [-0.15, -0.1) is 0 Å². The van der Waals surface area contributed by atoms with Gasteiger partial charge in [-0.1, -0.05) is 26.7 Å². The highest BCUT2D eigenvalue weighted by Gasteiger charge is 2.33. The van der Waals surface area contributed by atoms with E-state index in [1.54, 1.807) is 0 Å². The molecule has 1 fully saturated rings. The standard InChI is InChI=1S/C12H26N2/c1-4-13-10-12(8-6-7-9-12)11-14(3)5-2/h13H,4-11H2,1-3H3. The summed E-state index contributed by atoms with van der Waals surface area (Å²) < 4.78 is 0. The van der Waals surface area contributed by atoms with Gasteiger partial charge in [0.1, 0.15) is 0 Å². The van der Waals surface area contributed by atoms with Gasteiger partial charge in [-0.05, 0) is 38.4 Å². The fourth-order valence-corrected chi connectivity index (χ4v) is 2.59. The van der Waals surface area contributed by atoms with Crippen molar-refractivity contribution in [3.05, 3.63) is 0 Å². The molecule has 2 nitrogen and oxygen atoms in total. The first-order valence-corrected chi connectivity index (χ1v) is 6.12. The first-order chi connectivity index (χ1) is 6.72. The van der Waals surface area contributed by atoms with Crippen LogP contribution in [0.5, 0.6) is 0 Å². The van der Waals surface area contributed by atoms with Crippen molar-refractivity contribution in [1.29, 1.82) is 0 Å². The second-order valence-electron chi connectivity index (χ2n) is 4.82. The van der Waals surface area contributed by atoms with Crippen LogP contribution in [-0.4, -0.2) is 38.1 Å². The lowest BCUT2D eigenvalue weighted by Gasteiger charge is -2.33. The van der Waals surface area contributed by atoms with Crippen LogP contribution in [0, 0.1) is 5.41 Å². The Morgan fingerprint density at radius 1 is 1.21 bits per heavy atom. The molecule has 0 radical (unpaired) electrons. The zero-order valence-corrected chi connectivity index (χ0v) is 10.1. The highest BCUT2D eigenvalue weighted by molar-refractivity contribution is 4.88. The van der Waals surface area contributed by atoms with Crippen LogP contribution >= 0.6 is 0 Å². The molecule has 0 amide bonds. The summed E-state index contributed by atoms with van der Waals surface area (Å²) in [6.45, 7) is 9.22. The molecule has 0 atom stereocenters. The lowest BCUT2D eigenvalue weighted by atomic mass is 9.85. The molecular formula is C12H26N2. The second-order valence-corrected chi connectivity index (χ2v) is 4.82. The average molecular weight is 198 g/mol. The van der Waals surface area contributed by atoms with Gasteiger partial charge >= 0.3 is 0 Å². The van der Waals surface area contributed by atoms with E-state index in [4.69, 9.17) is 0 Å². The number of hydrogen-bond acceptors (Lipinski definition) is 2. The van der Waals surface area contributed by atoms with Gasteiger partial charge in [-0.2, -0.15) is 0 Å². The molecule has 0 aromatic rings. The number of hydrogen-bond donors (Lipinski definition) is 1. The van der Waals surface area contributed by atoms with Gasteiger partial charge in [0.2, 0.25) is 0 Å². The lowest BCUT2D eigenvalue weighted by Crippen LogP contribution is -2.41. The molecule has 1 rings (SSSR count). The fraction of sp³-hybridized carbons (Fsp3) is 1.00. The minimum Gasteiger partial charge on any atom is -0.316 e. The molecule has 1 saturated carbocycles. The Morgan fingerprint density at radius 3 is 2.36 bits per heavy atom. The molecule has 1 aliphatic rings. The van der Waals surface area contributed by atoms with Crippen molar-refractivity contribution in [2.24, 2.45) is 5.41 Å². The van der Waals surface area contributed by atoms with Gasteiger partial charge in [-0.3, -0.25) is 0 Å². The van der Waals surface area contributed by atoms with Crippen molar-refractivity contribution in [2.45, 2.75) is 39.5 Å². The van der Waals surface area contributed by atoms with Crippen molar-refractivity contribution < 1.29 is 0 Å². The lowest BCUT2D eigenvalue weighted by molar-refractivity contribution is 0.179. The molecule has 0 aromatic heterocycles. The predicted molar refractivity (Wildman–Crippen MR) is 62.6 cm³/mol. The van der Waals surface area contributed by atoms with E-state index < -0.39 is 0 Å². The summed E-state index contributed by atoms with van der Waals surface area (Å²) >= 11 is 0. The first-order valence-electron chi connectivity index (χ1n) is 6.12. The summed E-state index contributed by atoms with van der Waals surface area (Å²) in [5.41, 5.74) is 0.584. The summed E-state index contributed by atoms with van der Waals surface area (Å²) in [6.07, 6.45) is 5.71. The van der Waals surface area contributed by atoms with E-state index in [2.05, 4.69) is 31.1 Å². The molecule has 0 aromatic carbocycles. The molecule has 1 aliphatic carbocycles. The molecular weight excluding hydrogens is 172 g/mol. The topological polar surface area (TPSA) is 15.3 Å². The Kier molecular flexibility index (Phi) is 4.90. The van der Waals surface area contributed by atoms with E-state index in [1.165, 1.54) is 45.3 Å².